The van der Waals surface area contributed by atoms with Gasteiger partial charge < -0.3 is 10.2 Å². The van der Waals surface area contributed by atoms with E-state index in [-0.39, 0.29) is 11.8 Å². The molecular formula is C22H25N3O2. The molecule has 1 spiro atoms. The van der Waals surface area contributed by atoms with E-state index in [2.05, 4.69) is 10.3 Å². The summed E-state index contributed by atoms with van der Waals surface area (Å²) in [6.45, 7) is 3.37. The zero-order valence-electron chi connectivity index (χ0n) is 15.6. The van der Waals surface area contributed by atoms with Gasteiger partial charge >= 0.3 is 0 Å². The Kier molecular flexibility index (Phi) is 4.68. The van der Waals surface area contributed by atoms with E-state index in [1.165, 1.54) is 12.8 Å². The summed E-state index contributed by atoms with van der Waals surface area (Å²) in [5, 5.41) is 2.80. The van der Waals surface area contributed by atoms with Crippen LogP contribution in [-0.4, -0.2) is 40.8 Å². The van der Waals surface area contributed by atoms with Crippen LogP contribution >= 0.6 is 0 Å². The zero-order valence-corrected chi connectivity index (χ0v) is 15.6. The summed E-state index contributed by atoms with van der Waals surface area (Å²) in [5.74, 6) is -0.314. The molecule has 1 aliphatic heterocycles. The minimum atomic E-state index is -0.540. The highest BCUT2D eigenvalue weighted by Gasteiger charge is 2.45. The highest BCUT2D eigenvalue weighted by Crippen LogP contribution is 2.53. The van der Waals surface area contributed by atoms with E-state index >= 15 is 0 Å². The normalized spacial score (nSPS) is 18.8. The number of likely N-dealkylation sites (tertiary alicyclic amines) is 1. The first kappa shape index (κ1) is 17.7. The fourth-order valence-electron chi connectivity index (χ4n) is 3.81. The Hall–Kier alpha value is -2.69. The summed E-state index contributed by atoms with van der Waals surface area (Å²) in [6.07, 6.45) is 6.51. The van der Waals surface area contributed by atoms with Crippen molar-refractivity contribution in [1.29, 1.82) is 0 Å². The molecule has 2 heterocycles. The van der Waals surface area contributed by atoms with Crippen LogP contribution in [0.5, 0.6) is 0 Å². The molecule has 1 atom stereocenters. The molecule has 4 rings (SSSR count). The molecule has 2 aliphatic rings. The van der Waals surface area contributed by atoms with Crippen molar-refractivity contribution in [3.05, 3.63) is 54.4 Å². The van der Waals surface area contributed by atoms with Crippen LogP contribution in [0.4, 0.5) is 0 Å². The maximum absolute atomic E-state index is 12.6. The van der Waals surface area contributed by atoms with Gasteiger partial charge in [0.2, 0.25) is 5.91 Å². The number of amides is 2. The van der Waals surface area contributed by atoms with Crippen LogP contribution in [0.15, 0.2) is 48.7 Å². The monoisotopic (exact) mass is 363 g/mol. The lowest BCUT2D eigenvalue weighted by Crippen LogP contribution is -2.49. The summed E-state index contributed by atoms with van der Waals surface area (Å²) in [6, 6.07) is 12.9. The van der Waals surface area contributed by atoms with Gasteiger partial charge in [-0.1, -0.05) is 36.4 Å². The minimum absolute atomic E-state index is 0.000226. The Morgan fingerprint density at radius 1 is 1.00 bits per heavy atom. The minimum Gasteiger partial charge on any atom is -0.341 e. The summed E-state index contributed by atoms with van der Waals surface area (Å²) in [5.41, 5.74) is 2.87. The third kappa shape index (κ3) is 3.87. The van der Waals surface area contributed by atoms with Gasteiger partial charge in [0.15, 0.2) is 0 Å². The fraction of sp³-hybridized carbons (Fsp3) is 0.409. The van der Waals surface area contributed by atoms with Crippen LogP contribution in [0.2, 0.25) is 0 Å². The molecular weight excluding hydrogens is 338 g/mol. The largest absolute Gasteiger partial charge is 0.341 e. The van der Waals surface area contributed by atoms with Crippen LogP contribution in [0, 0.1) is 5.41 Å². The highest BCUT2D eigenvalue weighted by molar-refractivity contribution is 5.96. The van der Waals surface area contributed by atoms with Crippen molar-refractivity contribution in [2.75, 3.05) is 13.1 Å². The van der Waals surface area contributed by atoms with Crippen molar-refractivity contribution >= 4 is 11.8 Å². The van der Waals surface area contributed by atoms with Crippen LogP contribution in [0.3, 0.4) is 0 Å². The predicted molar refractivity (Wildman–Crippen MR) is 104 cm³/mol. The van der Waals surface area contributed by atoms with Crippen molar-refractivity contribution in [1.82, 2.24) is 15.2 Å². The van der Waals surface area contributed by atoms with Crippen LogP contribution in [0.1, 0.15) is 43.1 Å². The average Bonchev–Trinajstić information content (AvgIpc) is 3.47. The van der Waals surface area contributed by atoms with E-state index in [0.717, 1.165) is 37.1 Å². The number of nitrogens with one attached hydrogen (secondary N) is 1. The van der Waals surface area contributed by atoms with Gasteiger partial charge in [0.25, 0.3) is 5.91 Å². The molecule has 1 saturated heterocycles. The number of piperidine rings is 1. The Morgan fingerprint density at radius 2 is 1.70 bits per heavy atom. The lowest BCUT2D eigenvalue weighted by atomic mass is 9.93. The van der Waals surface area contributed by atoms with Gasteiger partial charge in [-0.05, 0) is 49.7 Å². The summed E-state index contributed by atoms with van der Waals surface area (Å²) >= 11 is 0. The second-order valence-corrected chi connectivity index (χ2v) is 7.82. The number of pyridine rings is 1. The van der Waals surface area contributed by atoms with E-state index in [4.69, 9.17) is 0 Å². The van der Waals surface area contributed by atoms with Crippen molar-refractivity contribution in [2.45, 2.75) is 38.6 Å². The molecule has 1 aliphatic carbocycles. The number of hydrogen-bond donors (Lipinski definition) is 1. The second kappa shape index (κ2) is 7.14. The number of carbonyl (C=O) groups excluding carboxylic acids is 2. The third-order valence-electron chi connectivity index (χ3n) is 5.91. The first-order valence-electron chi connectivity index (χ1n) is 9.68. The Balaban J connectivity index is 1.34. The van der Waals surface area contributed by atoms with Gasteiger partial charge in [0, 0.05) is 24.8 Å². The lowest BCUT2D eigenvalue weighted by Gasteiger charge is -2.33. The topological polar surface area (TPSA) is 62.3 Å². The van der Waals surface area contributed by atoms with Crippen molar-refractivity contribution in [2.24, 2.45) is 5.41 Å². The first-order valence-corrected chi connectivity index (χ1v) is 9.68. The third-order valence-corrected chi connectivity index (χ3v) is 5.91. The molecule has 2 fully saturated rings. The molecule has 0 bridgehead atoms. The molecule has 2 aromatic rings. The van der Waals surface area contributed by atoms with Gasteiger partial charge in [0.05, 0.1) is 0 Å². The fourth-order valence-corrected chi connectivity index (χ4v) is 3.81. The Bertz CT molecular complexity index is 818. The van der Waals surface area contributed by atoms with Crippen LogP contribution in [0.25, 0.3) is 11.1 Å². The highest BCUT2D eigenvalue weighted by atomic mass is 16.2. The molecule has 27 heavy (non-hydrogen) atoms. The van der Waals surface area contributed by atoms with Crippen LogP contribution in [-0.2, 0) is 4.79 Å². The Labute approximate surface area is 159 Å². The van der Waals surface area contributed by atoms with E-state index in [0.29, 0.717) is 11.1 Å². The molecule has 0 unspecified atom stereocenters. The zero-order chi connectivity index (χ0) is 18.9. The molecule has 5 nitrogen and oxygen atoms in total. The molecule has 140 valence electrons. The lowest BCUT2D eigenvalue weighted by molar-refractivity contribution is -0.134. The Morgan fingerprint density at radius 3 is 2.30 bits per heavy atom. The average molecular weight is 363 g/mol. The predicted octanol–water partition coefficient (Wildman–Crippen LogP) is 3.27. The number of rotatable bonds is 4. The van der Waals surface area contributed by atoms with E-state index in [1.54, 1.807) is 19.2 Å². The summed E-state index contributed by atoms with van der Waals surface area (Å²) in [7, 11) is 0. The second-order valence-electron chi connectivity index (χ2n) is 7.82. The molecule has 5 heteroatoms. The number of carbonyl (C=O) groups is 2. The molecule has 1 aromatic heterocycles. The summed E-state index contributed by atoms with van der Waals surface area (Å²) in [4.78, 5) is 31.2. The van der Waals surface area contributed by atoms with Gasteiger partial charge in [-0.15, -0.1) is 0 Å². The quantitative estimate of drug-likeness (QED) is 0.907. The van der Waals surface area contributed by atoms with Crippen molar-refractivity contribution in [3.8, 4) is 11.1 Å². The SMILES string of the molecule is C[C@H](NC(=O)c1ccc(-c2ccccc2)cn1)C(=O)N1CCC2(CC1)CC2. The van der Waals surface area contributed by atoms with E-state index in [1.807, 2.05) is 41.3 Å². The molecule has 1 saturated carbocycles. The standard InChI is InChI=1S/C22H25N3O2/c1-16(21(27)25-13-11-22(9-10-22)12-14-25)24-20(26)19-8-7-18(15-23-19)17-5-3-2-4-6-17/h2-8,15-16H,9-14H2,1H3,(H,24,26)/t16-/m0/s1. The van der Waals surface area contributed by atoms with Crippen LogP contribution < -0.4 is 5.32 Å². The molecule has 0 radical (unpaired) electrons. The number of nitrogens with zero attached hydrogens (tertiary/aromatic N) is 2. The van der Waals surface area contributed by atoms with E-state index < -0.39 is 6.04 Å². The van der Waals surface area contributed by atoms with E-state index in [9.17, 15) is 9.59 Å². The summed E-state index contributed by atoms with van der Waals surface area (Å²) < 4.78 is 0. The van der Waals surface area contributed by atoms with Crippen molar-refractivity contribution < 1.29 is 9.59 Å². The van der Waals surface area contributed by atoms with Gasteiger partial charge in [-0.2, -0.15) is 0 Å². The van der Waals surface area contributed by atoms with Gasteiger partial charge in [0.1, 0.15) is 11.7 Å². The van der Waals surface area contributed by atoms with Gasteiger partial charge in [-0.25, -0.2) is 0 Å². The number of benzene rings is 1. The molecule has 1 aromatic carbocycles. The molecule has 1 N–H and O–H groups in total. The maximum atomic E-state index is 12.6. The van der Waals surface area contributed by atoms with Gasteiger partial charge in [-0.3, -0.25) is 14.6 Å². The van der Waals surface area contributed by atoms with Crippen molar-refractivity contribution in [3.63, 3.8) is 0 Å². The number of hydrogen-bond acceptors (Lipinski definition) is 3. The smallest absolute Gasteiger partial charge is 0.270 e. The molecule has 2 amide bonds. The maximum Gasteiger partial charge on any atom is 0.270 e. The number of aromatic nitrogens is 1. The first-order chi connectivity index (χ1) is 13.1.